The van der Waals surface area contributed by atoms with E-state index in [-0.39, 0.29) is 18.0 Å². The Morgan fingerprint density at radius 1 is 1.24 bits per heavy atom. The molecule has 6 heteroatoms. The van der Waals surface area contributed by atoms with Gasteiger partial charge in [0.25, 0.3) is 0 Å². The molecule has 1 aromatic heterocycles. The highest BCUT2D eigenvalue weighted by Gasteiger charge is 2.21. The number of nitrogens with one attached hydrogen (secondary N) is 1. The molecule has 0 bridgehead atoms. The van der Waals surface area contributed by atoms with Crippen LogP contribution in [0.15, 0.2) is 42.7 Å². The highest BCUT2D eigenvalue weighted by atomic mass is 16.5. The second-order valence-electron chi connectivity index (χ2n) is 6.50. The van der Waals surface area contributed by atoms with Crippen molar-refractivity contribution >= 4 is 5.91 Å². The van der Waals surface area contributed by atoms with Crippen LogP contribution in [-0.2, 0) is 9.53 Å². The third-order valence-electron chi connectivity index (χ3n) is 4.53. The van der Waals surface area contributed by atoms with Gasteiger partial charge in [-0.15, -0.1) is 0 Å². The molecular weight excluding hydrogens is 316 g/mol. The summed E-state index contributed by atoms with van der Waals surface area (Å²) in [5.74, 6) is 0.191. The van der Waals surface area contributed by atoms with Gasteiger partial charge in [-0.05, 0) is 31.5 Å². The van der Waals surface area contributed by atoms with E-state index >= 15 is 0 Å². The summed E-state index contributed by atoms with van der Waals surface area (Å²) >= 11 is 0. The molecule has 1 aliphatic heterocycles. The minimum atomic E-state index is 0.0935. The van der Waals surface area contributed by atoms with Crippen molar-refractivity contribution in [2.24, 2.45) is 0 Å². The zero-order valence-corrected chi connectivity index (χ0v) is 14.9. The standard InChI is InChI=1S/C19H26N4O2/c1-15(14-19(24)22-10-12-25-13-11-22)21-16(2)17-6-3-4-7-18(17)23-9-5-8-20-23/h3-9,15-16,21H,10-14H2,1-2H3/t15-,16-/m0/s1. The lowest BCUT2D eigenvalue weighted by Gasteiger charge is -2.29. The maximum Gasteiger partial charge on any atom is 0.224 e. The Bertz CT molecular complexity index is 680. The van der Waals surface area contributed by atoms with E-state index < -0.39 is 0 Å². The van der Waals surface area contributed by atoms with Crippen molar-refractivity contribution in [1.29, 1.82) is 0 Å². The van der Waals surface area contributed by atoms with Crippen LogP contribution in [0, 0.1) is 0 Å². The van der Waals surface area contributed by atoms with Gasteiger partial charge in [-0.2, -0.15) is 5.10 Å². The summed E-state index contributed by atoms with van der Waals surface area (Å²) in [4.78, 5) is 14.3. The number of carbonyl (C=O) groups excluding carboxylic acids is 1. The van der Waals surface area contributed by atoms with Crippen molar-refractivity contribution in [2.45, 2.75) is 32.4 Å². The van der Waals surface area contributed by atoms with Gasteiger partial charge >= 0.3 is 0 Å². The molecule has 0 spiro atoms. The zero-order chi connectivity index (χ0) is 17.6. The number of rotatable bonds is 6. The van der Waals surface area contributed by atoms with Crippen LogP contribution in [0.5, 0.6) is 0 Å². The fourth-order valence-electron chi connectivity index (χ4n) is 3.25. The lowest BCUT2D eigenvalue weighted by atomic mass is 10.0. The zero-order valence-electron chi connectivity index (χ0n) is 14.9. The average molecular weight is 342 g/mol. The third-order valence-corrected chi connectivity index (χ3v) is 4.53. The molecule has 134 valence electrons. The smallest absolute Gasteiger partial charge is 0.224 e. The number of benzene rings is 1. The van der Waals surface area contributed by atoms with Crippen LogP contribution in [0.4, 0.5) is 0 Å². The maximum atomic E-state index is 12.4. The Kier molecular flexibility index (Phi) is 5.83. The van der Waals surface area contributed by atoms with Crippen LogP contribution < -0.4 is 5.32 Å². The van der Waals surface area contributed by atoms with Gasteiger partial charge in [0.1, 0.15) is 0 Å². The molecule has 25 heavy (non-hydrogen) atoms. The fourth-order valence-corrected chi connectivity index (χ4v) is 3.25. The van der Waals surface area contributed by atoms with Crippen LogP contribution in [0.3, 0.4) is 0 Å². The van der Waals surface area contributed by atoms with Crippen molar-refractivity contribution < 1.29 is 9.53 Å². The van der Waals surface area contributed by atoms with Gasteiger partial charge in [0.2, 0.25) is 5.91 Å². The summed E-state index contributed by atoms with van der Waals surface area (Å²) in [6.45, 7) is 6.86. The SMILES string of the molecule is C[C@H](N[C@@H](C)CC(=O)N1CCOCC1)c1ccccc1-n1cccn1. The highest BCUT2D eigenvalue weighted by molar-refractivity contribution is 5.76. The lowest BCUT2D eigenvalue weighted by molar-refractivity contribution is -0.135. The molecule has 3 rings (SSSR count). The average Bonchev–Trinajstić information content (AvgIpc) is 3.17. The van der Waals surface area contributed by atoms with Gasteiger partial charge in [0.15, 0.2) is 0 Å². The molecule has 1 saturated heterocycles. The van der Waals surface area contributed by atoms with Crippen LogP contribution in [-0.4, -0.2) is 52.9 Å². The predicted octanol–water partition coefficient (Wildman–Crippen LogP) is 2.16. The van der Waals surface area contributed by atoms with Gasteiger partial charge in [0, 0.05) is 44.0 Å². The number of para-hydroxylation sites is 1. The Morgan fingerprint density at radius 3 is 2.72 bits per heavy atom. The van der Waals surface area contributed by atoms with E-state index in [4.69, 9.17) is 4.74 Å². The highest BCUT2D eigenvalue weighted by Crippen LogP contribution is 2.21. The van der Waals surface area contributed by atoms with E-state index in [1.54, 1.807) is 6.20 Å². The predicted molar refractivity (Wildman–Crippen MR) is 96.6 cm³/mol. The Morgan fingerprint density at radius 2 is 2.00 bits per heavy atom. The van der Waals surface area contributed by atoms with Gasteiger partial charge in [-0.3, -0.25) is 4.79 Å². The molecule has 6 nitrogen and oxygen atoms in total. The number of nitrogens with zero attached hydrogens (tertiary/aromatic N) is 3. The monoisotopic (exact) mass is 342 g/mol. The van der Waals surface area contributed by atoms with E-state index in [9.17, 15) is 4.79 Å². The number of hydrogen-bond acceptors (Lipinski definition) is 4. The van der Waals surface area contributed by atoms with E-state index in [2.05, 4.69) is 36.4 Å². The summed E-state index contributed by atoms with van der Waals surface area (Å²) in [5.41, 5.74) is 2.22. The van der Waals surface area contributed by atoms with Crippen molar-refractivity contribution in [3.05, 3.63) is 48.3 Å². The molecule has 1 aromatic carbocycles. The van der Waals surface area contributed by atoms with Gasteiger partial charge in [0.05, 0.1) is 18.9 Å². The molecule has 1 amide bonds. The maximum absolute atomic E-state index is 12.4. The first-order chi connectivity index (χ1) is 12.1. The van der Waals surface area contributed by atoms with E-state index in [1.807, 2.05) is 34.0 Å². The first-order valence-electron chi connectivity index (χ1n) is 8.85. The Labute approximate surface area is 148 Å². The number of ether oxygens (including phenoxy) is 1. The molecular formula is C19H26N4O2. The molecule has 0 aliphatic carbocycles. The summed E-state index contributed by atoms with van der Waals surface area (Å²) in [7, 11) is 0. The largest absolute Gasteiger partial charge is 0.378 e. The first kappa shape index (κ1) is 17.6. The molecule has 1 aliphatic rings. The van der Waals surface area contributed by atoms with Crippen molar-refractivity contribution in [3.63, 3.8) is 0 Å². The Hall–Kier alpha value is -2.18. The Balaban J connectivity index is 1.62. The van der Waals surface area contributed by atoms with Crippen molar-refractivity contribution in [3.8, 4) is 5.69 Å². The first-order valence-corrected chi connectivity index (χ1v) is 8.85. The van der Waals surface area contributed by atoms with Crippen LogP contribution in [0.25, 0.3) is 5.69 Å². The number of amides is 1. The summed E-state index contributed by atoms with van der Waals surface area (Å²) in [5, 5.41) is 7.88. The fraction of sp³-hybridized carbons (Fsp3) is 0.474. The summed E-state index contributed by atoms with van der Waals surface area (Å²) in [6, 6.07) is 10.3. The lowest BCUT2D eigenvalue weighted by Crippen LogP contribution is -2.43. The minimum Gasteiger partial charge on any atom is -0.378 e. The van der Waals surface area contributed by atoms with Crippen molar-refractivity contribution in [2.75, 3.05) is 26.3 Å². The number of carbonyl (C=O) groups is 1. The third kappa shape index (κ3) is 4.46. The topological polar surface area (TPSA) is 59.4 Å². The summed E-state index contributed by atoms with van der Waals surface area (Å²) < 4.78 is 7.18. The molecule has 2 heterocycles. The van der Waals surface area contributed by atoms with Crippen LogP contribution in [0.1, 0.15) is 31.9 Å². The van der Waals surface area contributed by atoms with E-state index in [0.717, 1.165) is 11.3 Å². The molecule has 1 fully saturated rings. The molecule has 0 unspecified atom stereocenters. The van der Waals surface area contributed by atoms with Crippen LogP contribution in [0.2, 0.25) is 0 Å². The molecule has 2 aromatic rings. The van der Waals surface area contributed by atoms with Crippen molar-refractivity contribution in [1.82, 2.24) is 20.0 Å². The normalized spacial score (nSPS) is 17.3. The van der Waals surface area contributed by atoms with Gasteiger partial charge in [-0.1, -0.05) is 18.2 Å². The van der Waals surface area contributed by atoms with Gasteiger partial charge in [-0.25, -0.2) is 4.68 Å². The van der Waals surface area contributed by atoms with E-state index in [1.165, 1.54) is 0 Å². The minimum absolute atomic E-state index is 0.0935. The van der Waals surface area contributed by atoms with Crippen LogP contribution >= 0.6 is 0 Å². The second kappa shape index (κ2) is 8.27. The van der Waals surface area contributed by atoms with E-state index in [0.29, 0.717) is 32.7 Å². The molecule has 0 saturated carbocycles. The summed E-state index contributed by atoms with van der Waals surface area (Å²) in [6.07, 6.45) is 4.21. The number of aromatic nitrogens is 2. The molecule has 0 radical (unpaired) electrons. The van der Waals surface area contributed by atoms with Gasteiger partial charge < -0.3 is 15.0 Å². The molecule has 1 N–H and O–H groups in total. The quantitative estimate of drug-likeness (QED) is 0.874. The second-order valence-corrected chi connectivity index (χ2v) is 6.50. The number of hydrogen-bond donors (Lipinski definition) is 1. The molecule has 2 atom stereocenters. The number of morpholine rings is 1.